The van der Waals surface area contributed by atoms with Crippen molar-refractivity contribution in [3.8, 4) is 11.5 Å². The van der Waals surface area contributed by atoms with Crippen LogP contribution in [0.4, 0.5) is 5.69 Å². The number of benzene rings is 2. The van der Waals surface area contributed by atoms with Crippen molar-refractivity contribution in [3.05, 3.63) is 53.6 Å². The third kappa shape index (κ3) is 6.29. The number of carbonyl (C=O) groups excluding carboxylic acids is 1. The summed E-state index contributed by atoms with van der Waals surface area (Å²) >= 11 is 0. The number of likely N-dealkylation sites (tertiary alicyclic amines) is 1. The van der Waals surface area contributed by atoms with Gasteiger partial charge in [0.2, 0.25) is 0 Å². The minimum atomic E-state index is 0.0984. The van der Waals surface area contributed by atoms with Crippen LogP contribution < -0.4 is 14.4 Å². The fraction of sp³-hybridized carbons (Fsp3) is 0.552. The van der Waals surface area contributed by atoms with Crippen molar-refractivity contribution in [2.24, 2.45) is 0 Å². The standard InChI is InChI=1S/C29H41N3O3/c1-22(2)27-21-24(8-13-28(27)34-4)29(33)32-18-16-31(17-19-32)25-9-11-26(12-10-25)35-20-6-15-30-14-5-7-23(30)3/h8-13,21-23H,5-7,14-20H2,1-4H3. The number of amides is 1. The second-order valence-corrected chi connectivity index (χ2v) is 10.1. The number of anilines is 1. The van der Waals surface area contributed by atoms with Crippen LogP contribution in [0.25, 0.3) is 0 Å². The molecular formula is C29H41N3O3. The van der Waals surface area contributed by atoms with Gasteiger partial charge in [-0.2, -0.15) is 0 Å². The lowest BCUT2D eigenvalue weighted by molar-refractivity contribution is 0.0746. The van der Waals surface area contributed by atoms with Crippen LogP contribution in [0.3, 0.4) is 0 Å². The van der Waals surface area contributed by atoms with Crippen molar-refractivity contribution >= 4 is 11.6 Å². The third-order valence-electron chi connectivity index (χ3n) is 7.42. The Morgan fingerprint density at radius 1 is 1.03 bits per heavy atom. The maximum Gasteiger partial charge on any atom is 0.253 e. The summed E-state index contributed by atoms with van der Waals surface area (Å²) in [6.45, 7) is 12.8. The van der Waals surface area contributed by atoms with Crippen LogP contribution >= 0.6 is 0 Å². The number of nitrogens with zero attached hydrogens (tertiary/aromatic N) is 3. The number of piperazine rings is 1. The lowest BCUT2D eigenvalue weighted by atomic mass is 9.99. The van der Waals surface area contributed by atoms with Gasteiger partial charge >= 0.3 is 0 Å². The number of hydrogen-bond acceptors (Lipinski definition) is 5. The molecule has 0 aliphatic carbocycles. The summed E-state index contributed by atoms with van der Waals surface area (Å²) in [6, 6.07) is 14.9. The van der Waals surface area contributed by atoms with E-state index in [1.165, 1.54) is 25.1 Å². The Morgan fingerprint density at radius 3 is 2.40 bits per heavy atom. The summed E-state index contributed by atoms with van der Waals surface area (Å²) in [4.78, 5) is 20.0. The first-order valence-corrected chi connectivity index (χ1v) is 13.2. The number of carbonyl (C=O) groups is 1. The average Bonchev–Trinajstić information content (AvgIpc) is 3.30. The molecule has 0 saturated carbocycles. The zero-order valence-electron chi connectivity index (χ0n) is 21.8. The highest BCUT2D eigenvalue weighted by molar-refractivity contribution is 5.94. The molecule has 190 valence electrons. The van der Waals surface area contributed by atoms with Crippen molar-refractivity contribution < 1.29 is 14.3 Å². The molecular weight excluding hydrogens is 438 g/mol. The van der Waals surface area contributed by atoms with Crippen LogP contribution in [0.1, 0.15) is 61.9 Å². The summed E-state index contributed by atoms with van der Waals surface area (Å²) in [5, 5.41) is 0. The zero-order chi connectivity index (χ0) is 24.8. The molecule has 1 amide bonds. The van der Waals surface area contributed by atoms with Gasteiger partial charge in [0, 0.05) is 50.0 Å². The molecule has 2 aromatic rings. The van der Waals surface area contributed by atoms with Gasteiger partial charge in [-0.25, -0.2) is 0 Å². The molecule has 4 rings (SSSR count). The number of methoxy groups -OCH3 is 1. The molecule has 0 radical (unpaired) electrons. The molecule has 1 atom stereocenters. The van der Waals surface area contributed by atoms with E-state index in [9.17, 15) is 4.79 Å². The molecule has 6 heteroatoms. The predicted octanol–water partition coefficient (Wildman–Crippen LogP) is 5.03. The fourth-order valence-electron chi connectivity index (χ4n) is 5.20. The highest BCUT2D eigenvalue weighted by atomic mass is 16.5. The first kappa shape index (κ1) is 25.4. The van der Waals surface area contributed by atoms with Gasteiger partial charge in [-0.05, 0) is 86.7 Å². The van der Waals surface area contributed by atoms with Crippen molar-refractivity contribution in [1.82, 2.24) is 9.80 Å². The molecule has 2 heterocycles. The molecule has 35 heavy (non-hydrogen) atoms. The van der Waals surface area contributed by atoms with Crippen LogP contribution in [-0.2, 0) is 0 Å². The monoisotopic (exact) mass is 479 g/mol. The van der Waals surface area contributed by atoms with Crippen LogP contribution in [0.2, 0.25) is 0 Å². The van der Waals surface area contributed by atoms with Crippen molar-refractivity contribution in [3.63, 3.8) is 0 Å². The van der Waals surface area contributed by atoms with Gasteiger partial charge in [0.05, 0.1) is 13.7 Å². The summed E-state index contributed by atoms with van der Waals surface area (Å²) in [5.41, 5.74) is 3.00. The van der Waals surface area contributed by atoms with Gasteiger partial charge in [-0.15, -0.1) is 0 Å². The molecule has 1 unspecified atom stereocenters. The van der Waals surface area contributed by atoms with E-state index >= 15 is 0 Å². The summed E-state index contributed by atoms with van der Waals surface area (Å²) in [5.74, 6) is 2.17. The van der Waals surface area contributed by atoms with Crippen molar-refractivity contribution in [2.75, 3.05) is 57.9 Å². The number of hydrogen-bond donors (Lipinski definition) is 0. The highest BCUT2D eigenvalue weighted by Crippen LogP contribution is 2.28. The maximum atomic E-state index is 13.1. The Labute approximate surface area is 210 Å². The van der Waals surface area contributed by atoms with Gasteiger partial charge in [-0.1, -0.05) is 13.8 Å². The predicted molar refractivity (Wildman–Crippen MR) is 142 cm³/mol. The Kier molecular flexibility index (Phi) is 8.55. The highest BCUT2D eigenvalue weighted by Gasteiger charge is 2.24. The maximum absolute atomic E-state index is 13.1. The van der Waals surface area contributed by atoms with Crippen LogP contribution in [0.15, 0.2) is 42.5 Å². The summed E-state index contributed by atoms with van der Waals surface area (Å²) in [6.07, 6.45) is 3.71. The first-order valence-electron chi connectivity index (χ1n) is 13.2. The lowest BCUT2D eigenvalue weighted by Crippen LogP contribution is -2.48. The molecule has 0 aromatic heterocycles. The van der Waals surface area contributed by atoms with E-state index in [4.69, 9.17) is 9.47 Å². The second-order valence-electron chi connectivity index (χ2n) is 10.1. The van der Waals surface area contributed by atoms with Crippen LogP contribution in [-0.4, -0.2) is 74.7 Å². The Morgan fingerprint density at radius 2 is 1.77 bits per heavy atom. The van der Waals surface area contributed by atoms with Crippen LogP contribution in [0, 0.1) is 0 Å². The minimum absolute atomic E-state index is 0.0984. The molecule has 2 fully saturated rings. The quantitative estimate of drug-likeness (QED) is 0.472. The number of ether oxygens (including phenoxy) is 2. The van der Waals surface area contributed by atoms with Gasteiger partial charge in [-0.3, -0.25) is 4.79 Å². The number of rotatable bonds is 9. The average molecular weight is 480 g/mol. The van der Waals surface area contributed by atoms with Gasteiger partial charge in [0.15, 0.2) is 0 Å². The minimum Gasteiger partial charge on any atom is -0.496 e. The SMILES string of the molecule is COc1ccc(C(=O)N2CCN(c3ccc(OCCCN4CCCC4C)cc3)CC2)cc1C(C)C. The topological polar surface area (TPSA) is 45.3 Å². The summed E-state index contributed by atoms with van der Waals surface area (Å²) in [7, 11) is 1.68. The molecule has 2 aromatic carbocycles. The van der Waals surface area contributed by atoms with E-state index in [-0.39, 0.29) is 5.91 Å². The van der Waals surface area contributed by atoms with E-state index in [0.717, 1.165) is 74.4 Å². The molecule has 0 bridgehead atoms. The molecule has 2 aliphatic heterocycles. The zero-order valence-corrected chi connectivity index (χ0v) is 21.8. The van der Waals surface area contributed by atoms with Gasteiger partial charge in [0.1, 0.15) is 11.5 Å². The largest absolute Gasteiger partial charge is 0.496 e. The van der Waals surface area contributed by atoms with E-state index in [0.29, 0.717) is 5.92 Å². The van der Waals surface area contributed by atoms with E-state index in [1.54, 1.807) is 7.11 Å². The van der Waals surface area contributed by atoms with E-state index in [1.807, 2.05) is 23.1 Å². The van der Waals surface area contributed by atoms with Gasteiger partial charge in [0.25, 0.3) is 5.91 Å². The molecule has 0 N–H and O–H groups in total. The van der Waals surface area contributed by atoms with Gasteiger partial charge < -0.3 is 24.2 Å². The Balaban J connectivity index is 1.24. The fourth-order valence-corrected chi connectivity index (χ4v) is 5.20. The van der Waals surface area contributed by atoms with Crippen molar-refractivity contribution in [2.45, 2.75) is 52.0 Å². The molecule has 2 aliphatic rings. The van der Waals surface area contributed by atoms with E-state index in [2.05, 4.69) is 54.8 Å². The third-order valence-corrected chi connectivity index (χ3v) is 7.42. The molecule has 0 spiro atoms. The van der Waals surface area contributed by atoms with E-state index < -0.39 is 0 Å². The second kappa shape index (κ2) is 11.8. The lowest BCUT2D eigenvalue weighted by Gasteiger charge is -2.36. The van der Waals surface area contributed by atoms with Crippen LogP contribution in [0.5, 0.6) is 11.5 Å². The molecule has 6 nitrogen and oxygen atoms in total. The Hall–Kier alpha value is -2.73. The normalized spacial score (nSPS) is 18.8. The summed E-state index contributed by atoms with van der Waals surface area (Å²) < 4.78 is 11.4. The molecule has 2 saturated heterocycles. The smallest absolute Gasteiger partial charge is 0.253 e. The Bertz CT molecular complexity index is 968. The first-order chi connectivity index (χ1) is 17.0. The van der Waals surface area contributed by atoms with Crippen molar-refractivity contribution in [1.29, 1.82) is 0 Å².